The number of hydrogen-bond donors (Lipinski definition) is 1. The van der Waals surface area contributed by atoms with Gasteiger partial charge in [-0.05, 0) is 36.4 Å². The molecular weight excluding hydrogens is 212 g/mol. The van der Waals surface area contributed by atoms with Crippen LogP contribution in [0.3, 0.4) is 0 Å². The van der Waals surface area contributed by atoms with Crippen molar-refractivity contribution in [1.82, 2.24) is 10.3 Å². The Balaban J connectivity index is 2.27. The van der Waals surface area contributed by atoms with E-state index in [4.69, 9.17) is 4.74 Å². The standard InChI is InChI=1S/C14H22N2O/c1-5-15-12(10-9-14(10,2)3)13-11(17-4)7-6-8-16-13/h6-8,10,12,15H,5,9H2,1-4H3. The highest BCUT2D eigenvalue weighted by Gasteiger charge is 2.51. The molecule has 1 heterocycles. The predicted molar refractivity (Wildman–Crippen MR) is 69.1 cm³/mol. The van der Waals surface area contributed by atoms with Gasteiger partial charge in [0.15, 0.2) is 0 Å². The van der Waals surface area contributed by atoms with E-state index in [1.807, 2.05) is 18.3 Å². The largest absolute Gasteiger partial charge is 0.495 e. The first kappa shape index (κ1) is 12.4. The zero-order valence-corrected chi connectivity index (χ0v) is 11.2. The number of pyridine rings is 1. The molecule has 0 radical (unpaired) electrons. The van der Waals surface area contributed by atoms with Crippen molar-refractivity contribution in [2.75, 3.05) is 13.7 Å². The minimum atomic E-state index is 0.311. The normalized spacial score (nSPS) is 23.2. The zero-order chi connectivity index (χ0) is 12.5. The summed E-state index contributed by atoms with van der Waals surface area (Å²) in [4.78, 5) is 4.51. The van der Waals surface area contributed by atoms with Crippen LogP contribution in [0.2, 0.25) is 0 Å². The fraction of sp³-hybridized carbons (Fsp3) is 0.643. The fourth-order valence-corrected chi connectivity index (χ4v) is 2.54. The number of methoxy groups -OCH3 is 1. The lowest BCUT2D eigenvalue weighted by molar-refractivity contribution is 0.370. The van der Waals surface area contributed by atoms with Gasteiger partial charge in [0.05, 0.1) is 18.8 Å². The van der Waals surface area contributed by atoms with Crippen LogP contribution in [0.25, 0.3) is 0 Å². The molecule has 2 unspecified atom stereocenters. The summed E-state index contributed by atoms with van der Waals surface area (Å²) in [5.41, 5.74) is 1.47. The number of nitrogens with zero attached hydrogens (tertiary/aromatic N) is 1. The van der Waals surface area contributed by atoms with Crippen LogP contribution in [0.4, 0.5) is 0 Å². The van der Waals surface area contributed by atoms with Crippen LogP contribution in [0.15, 0.2) is 18.3 Å². The Bertz CT molecular complexity index is 390. The van der Waals surface area contributed by atoms with Gasteiger partial charge in [-0.25, -0.2) is 0 Å². The Kier molecular flexibility index (Phi) is 3.38. The average molecular weight is 234 g/mol. The van der Waals surface area contributed by atoms with E-state index in [0.29, 0.717) is 17.4 Å². The van der Waals surface area contributed by atoms with E-state index in [9.17, 15) is 0 Å². The smallest absolute Gasteiger partial charge is 0.141 e. The van der Waals surface area contributed by atoms with Crippen LogP contribution in [0.1, 0.15) is 38.9 Å². The zero-order valence-electron chi connectivity index (χ0n) is 11.2. The second-order valence-electron chi connectivity index (χ2n) is 5.43. The maximum atomic E-state index is 5.42. The molecule has 94 valence electrons. The van der Waals surface area contributed by atoms with Gasteiger partial charge in [-0.2, -0.15) is 0 Å². The molecule has 1 aliphatic rings. The maximum absolute atomic E-state index is 5.42. The molecule has 1 aliphatic carbocycles. The van der Waals surface area contributed by atoms with E-state index in [2.05, 4.69) is 31.1 Å². The quantitative estimate of drug-likeness (QED) is 0.850. The van der Waals surface area contributed by atoms with Crippen molar-refractivity contribution in [3.63, 3.8) is 0 Å². The van der Waals surface area contributed by atoms with Crippen molar-refractivity contribution in [3.05, 3.63) is 24.0 Å². The third kappa shape index (κ3) is 2.44. The van der Waals surface area contributed by atoms with Crippen LogP contribution in [0.5, 0.6) is 5.75 Å². The Morgan fingerprint density at radius 1 is 1.59 bits per heavy atom. The second kappa shape index (κ2) is 4.65. The average Bonchev–Trinajstić information content (AvgIpc) is 2.95. The maximum Gasteiger partial charge on any atom is 0.141 e. The first-order chi connectivity index (χ1) is 8.10. The summed E-state index contributed by atoms with van der Waals surface area (Å²) in [5, 5.41) is 3.55. The van der Waals surface area contributed by atoms with Crippen molar-refractivity contribution in [1.29, 1.82) is 0 Å². The molecule has 1 aromatic rings. The van der Waals surface area contributed by atoms with Crippen LogP contribution in [-0.2, 0) is 0 Å². The summed E-state index contributed by atoms with van der Waals surface area (Å²) >= 11 is 0. The van der Waals surface area contributed by atoms with Gasteiger partial charge in [-0.3, -0.25) is 4.98 Å². The van der Waals surface area contributed by atoms with Gasteiger partial charge < -0.3 is 10.1 Å². The van der Waals surface area contributed by atoms with Crippen molar-refractivity contribution in [3.8, 4) is 5.75 Å². The SMILES string of the molecule is CCNC(c1ncccc1OC)C1CC1(C)C. The second-order valence-corrected chi connectivity index (χ2v) is 5.43. The van der Waals surface area contributed by atoms with Crippen molar-refractivity contribution in [2.24, 2.45) is 11.3 Å². The summed E-state index contributed by atoms with van der Waals surface area (Å²) < 4.78 is 5.42. The van der Waals surface area contributed by atoms with Gasteiger partial charge in [0, 0.05) is 6.20 Å². The number of hydrogen-bond acceptors (Lipinski definition) is 3. The molecule has 0 spiro atoms. The lowest BCUT2D eigenvalue weighted by Crippen LogP contribution is -2.25. The minimum Gasteiger partial charge on any atom is -0.495 e. The van der Waals surface area contributed by atoms with E-state index in [-0.39, 0.29) is 0 Å². The number of nitrogens with one attached hydrogen (secondary N) is 1. The third-order valence-corrected chi connectivity index (χ3v) is 3.73. The number of rotatable bonds is 5. The topological polar surface area (TPSA) is 34.2 Å². The Hall–Kier alpha value is -1.09. The molecule has 2 rings (SSSR count). The molecule has 17 heavy (non-hydrogen) atoms. The van der Waals surface area contributed by atoms with Crippen molar-refractivity contribution < 1.29 is 4.74 Å². The lowest BCUT2D eigenvalue weighted by atomic mass is 10.00. The third-order valence-electron chi connectivity index (χ3n) is 3.73. The van der Waals surface area contributed by atoms with Gasteiger partial charge >= 0.3 is 0 Å². The molecule has 1 saturated carbocycles. The van der Waals surface area contributed by atoms with Crippen molar-refractivity contribution >= 4 is 0 Å². The molecule has 1 aromatic heterocycles. The molecule has 0 aromatic carbocycles. The molecule has 0 aliphatic heterocycles. The predicted octanol–water partition coefficient (Wildman–Crippen LogP) is 2.79. The van der Waals surface area contributed by atoms with Crippen LogP contribution < -0.4 is 10.1 Å². The Morgan fingerprint density at radius 3 is 2.82 bits per heavy atom. The van der Waals surface area contributed by atoms with Gasteiger partial charge in [0.1, 0.15) is 5.75 Å². The van der Waals surface area contributed by atoms with E-state index < -0.39 is 0 Å². The van der Waals surface area contributed by atoms with E-state index in [1.54, 1.807) is 7.11 Å². The first-order valence-corrected chi connectivity index (χ1v) is 6.32. The first-order valence-electron chi connectivity index (χ1n) is 6.32. The Labute approximate surface area is 104 Å². The summed E-state index contributed by atoms with van der Waals surface area (Å²) in [5.74, 6) is 1.55. The van der Waals surface area contributed by atoms with Crippen LogP contribution in [0, 0.1) is 11.3 Å². The Morgan fingerprint density at radius 2 is 2.29 bits per heavy atom. The fourth-order valence-electron chi connectivity index (χ4n) is 2.54. The molecule has 0 bridgehead atoms. The van der Waals surface area contributed by atoms with Gasteiger partial charge in [0.25, 0.3) is 0 Å². The molecular formula is C14H22N2O. The molecule has 3 heteroatoms. The van der Waals surface area contributed by atoms with Gasteiger partial charge in [-0.15, -0.1) is 0 Å². The summed E-state index contributed by atoms with van der Waals surface area (Å²) in [6.45, 7) is 7.73. The van der Waals surface area contributed by atoms with E-state index in [0.717, 1.165) is 18.0 Å². The highest BCUT2D eigenvalue weighted by Crippen LogP contribution is 2.58. The molecule has 0 saturated heterocycles. The monoisotopic (exact) mass is 234 g/mol. The number of ether oxygens (including phenoxy) is 1. The summed E-state index contributed by atoms with van der Waals surface area (Å²) in [6.07, 6.45) is 3.10. The molecule has 1 fully saturated rings. The van der Waals surface area contributed by atoms with Gasteiger partial charge in [0.2, 0.25) is 0 Å². The highest BCUT2D eigenvalue weighted by atomic mass is 16.5. The summed E-state index contributed by atoms with van der Waals surface area (Å²) in [7, 11) is 1.71. The minimum absolute atomic E-state index is 0.311. The highest BCUT2D eigenvalue weighted by molar-refractivity contribution is 5.31. The molecule has 1 N–H and O–H groups in total. The lowest BCUT2D eigenvalue weighted by Gasteiger charge is -2.21. The molecule has 2 atom stereocenters. The van der Waals surface area contributed by atoms with Crippen LogP contribution in [-0.4, -0.2) is 18.6 Å². The summed E-state index contributed by atoms with van der Waals surface area (Å²) in [6, 6.07) is 4.22. The molecule has 0 amide bonds. The molecule has 3 nitrogen and oxygen atoms in total. The van der Waals surface area contributed by atoms with E-state index in [1.165, 1.54) is 6.42 Å². The van der Waals surface area contributed by atoms with Gasteiger partial charge in [-0.1, -0.05) is 20.8 Å². The van der Waals surface area contributed by atoms with E-state index >= 15 is 0 Å². The van der Waals surface area contributed by atoms with Crippen molar-refractivity contribution in [2.45, 2.75) is 33.2 Å². The number of aromatic nitrogens is 1. The van der Waals surface area contributed by atoms with Crippen LogP contribution >= 0.6 is 0 Å².